The first-order chi connectivity index (χ1) is 21.2. The maximum Gasteiger partial charge on any atom is 0.177 e. The highest BCUT2D eigenvalue weighted by atomic mass is 32.2. The van der Waals surface area contributed by atoms with E-state index in [0.717, 1.165) is 65.5 Å². The van der Waals surface area contributed by atoms with Gasteiger partial charge < -0.3 is 14.8 Å². The molecule has 0 spiro atoms. The fourth-order valence-electron chi connectivity index (χ4n) is 6.13. The summed E-state index contributed by atoms with van der Waals surface area (Å²) < 4.78 is 43.8. The predicted molar refractivity (Wildman–Crippen MR) is 166 cm³/mol. The number of aryl methyl sites for hydroxylation is 2. The van der Waals surface area contributed by atoms with E-state index >= 15 is 0 Å². The second kappa shape index (κ2) is 11.1. The average Bonchev–Trinajstić information content (AvgIpc) is 3.67. The molecule has 1 fully saturated rings. The fourth-order valence-corrected chi connectivity index (χ4v) is 6.99. The summed E-state index contributed by atoms with van der Waals surface area (Å²) in [6.07, 6.45) is 6.30. The number of hydrogen-bond acceptors (Lipinski definition) is 9. The first-order valence-corrected chi connectivity index (χ1v) is 16.8. The zero-order valence-corrected chi connectivity index (χ0v) is 26.2. The van der Waals surface area contributed by atoms with Gasteiger partial charge in [-0.25, -0.2) is 18.4 Å². The van der Waals surface area contributed by atoms with Crippen molar-refractivity contribution in [3.63, 3.8) is 0 Å². The molecule has 5 aromatic rings. The van der Waals surface area contributed by atoms with Crippen LogP contribution in [0.1, 0.15) is 54.1 Å². The van der Waals surface area contributed by atoms with Gasteiger partial charge >= 0.3 is 0 Å². The zero-order valence-electron chi connectivity index (χ0n) is 25.4. The molecule has 2 aliphatic heterocycles. The first kappa shape index (κ1) is 28.7. The van der Waals surface area contributed by atoms with Crippen LogP contribution in [0.2, 0.25) is 0 Å². The van der Waals surface area contributed by atoms with Crippen molar-refractivity contribution in [2.24, 2.45) is 7.05 Å². The van der Waals surface area contributed by atoms with Gasteiger partial charge in [0.25, 0.3) is 0 Å². The monoisotopic (exact) mass is 616 g/mol. The highest BCUT2D eigenvalue weighted by Gasteiger charge is 2.25. The van der Waals surface area contributed by atoms with Crippen LogP contribution in [0, 0.1) is 13.8 Å². The second-order valence-electron chi connectivity index (χ2n) is 11.6. The minimum atomic E-state index is -3.60. The van der Waals surface area contributed by atoms with Crippen LogP contribution in [0.3, 0.4) is 0 Å². The zero-order chi connectivity index (χ0) is 30.6. The molecule has 6 heterocycles. The van der Waals surface area contributed by atoms with E-state index in [9.17, 15) is 8.42 Å². The number of pyridine rings is 1. The van der Waals surface area contributed by atoms with Crippen LogP contribution in [0.5, 0.6) is 0 Å². The van der Waals surface area contributed by atoms with E-state index in [2.05, 4.69) is 21.0 Å². The van der Waals surface area contributed by atoms with E-state index in [4.69, 9.17) is 24.5 Å². The van der Waals surface area contributed by atoms with Crippen molar-refractivity contribution >= 4 is 32.4 Å². The molecule has 0 amide bonds. The Morgan fingerprint density at radius 1 is 1.05 bits per heavy atom. The van der Waals surface area contributed by atoms with Crippen molar-refractivity contribution < 1.29 is 17.9 Å². The van der Waals surface area contributed by atoms with E-state index in [1.807, 2.05) is 43.8 Å². The quantitative estimate of drug-likeness (QED) is 0.278. The molecule has 44 heavy (non-hydrogen) atoms. The van der Waals surface area contributed by atoms with Gasteiger partial charge in [0.1, 0.15) is 17.6 Å². The lowest BCUT2D eigenvalue weighted by atomic mass is 10.1. The summed E-state index contributed by atoms with van der Waals surface area (Å²) >= 11 is 0. The lowest BCUT2D eigenvalue weighted by Gasteiger charge is -2.25. The number of nitrogens with one attached hydrogen (secondary N) is 1. The Hall–Kier alpha value is -4.07. The van der Waals surface area contributed by atoms with Crippen LogP contribution in [0.4, 0.5) is 11.4 Å². The smallest absolute Gasteiger partial charge is 0.177 e. The molecule has 7 rings (SSSR count). The molecule has 4 aromatic heterocycles. The van der Waals surface area contributed by atoms with Gasteiger partial charge in [0, 0.05) is 37.6 Å². The Kier molecular flexibility index (Phi) is 7.26. The minimum Gasteiger partial charge on any atom is -0.373 e. The number of rotatable bonds is 7. The molecular weight excluding hydrogens is 580 g/mol. The van der Waals surface area contributed by atoms with Gasteiger partial charge in [-0.3, -0.25) is 13.9 Å². The van der Waals surface area contributed by atoms with Gasteiger partial charge in [-0.2, -0.15) is 10.2 Å². The normalized spacial score (nSPS) is 17.2. The maximum absolute atomic E-state index is 13.1. The van der Waals surface area contributed by atoms with Crippen LogP contribution < -0.4 is 5.32 Å². The first-order valence-electron chi connectivity index (χ1n) is 14.9. The molecule has 1 unspecified atom stereocenters. The summed E-state index contributed by atoms with van der Waals surface area (Å²) in [4.78, 5) is 10.2. The molecule has 0 bridgehead atoms. The summed E-state index contributed by atoms with van der Waals surface area (Å²) in [7, 11) is -1.73. The third-order valence-corrected chi connectivity index (χ3v) is 9.63. The highest BCUT2D eigenvalue weighted by Crippen LogP contribution is 2.36. The summed E-state index contributed by atoms with van der Waals surface area (Å²) in [5.74, 6) is 0.792. The third kappa shape index (κ3) is 5.29. The van der Waals surface area contributed by atoms with E-state index in [1.54, 1.807) is 16.9 Å². The molecule has 1 aromatic carbocycles. The molecule has 13 heteroatoms. The van der Waals surface area contributed by atoms with Crippen molar-refractivity contribution in [1.29, 1.82) is 0 Å². The van der Waals surface area contributed by atoms with Gasteiger partial charge in [-0.15, -0.1) is 0 Å². The van der Waals surface area contributed by atoms with Crippen LogP contribution in [-0.4, -0.2) is 62.0 Å². The van der Waals surface area contributed by atoms with Crippen molar-refractivity contribution in [3.8, 4) is 11.1 Å². The van der Waals surface area contributed by atoms with Crippen LogP contribution >= 0.6 is 0 Å². The Balaban J connectivity index is 1.34. The number of hydrogen-bond donors (Lipinski definition) is 1. The van der Waals surface area contributed by atoms with Crippen molar-refractivity contribution in [1.82, 2.24) is 34.1 Å². The molecule has 2 aliphatic rings. The Morgan fingerprint density at radius 2 is 1.91 bits per heavy atom. The number of sulfone groups is 1. The number of anilines is 2. The van der Waals surface area contributed by atoms with Crippen LogP contribution in [0.15, 0.2) is 41.4 Å². The summed E-state index contributed by atoms with van der Waals surface area (Å²) in [5, 5.41) is 12.6. The minimum absolute atomic E-state index is 0.157. The van der Waals surface area contributed by atoms with Crippen LogP contribution in [0.25, 0.3) is 22.3 Å². The van der Waals surface area contributed by atoms with E-state index in [1.165, 1.54) is 6.26 Å². The molecule has 12 nitrogen and oxygen atoms in total. The molecule has 0 saturated carbocycles. The Labute approximate surface area is 255 Å². The summed E-state index contributed by atoms with van der Waals surface area (Å²) in [6.45, 7) is 6.52. The van der Waals surface area contributed by atoms with Gasteiger partial charge in [-0.1, -0.05) is 6.07 Å². The average molecular weight is 617 g/mol. The van der Waals surface area contributed by atoms with Gasteiger partial charge in [-0.05, 0) is 62.9 Å². The summed E-state index contributed by atoms with van der Waals surface area (Å²) in [5.41, 5.74) is 7.84. The number of fused-ring (bicyclic) bond motifs is 2. The maximum atomic E-state index is 13.1. The molecule has 0 radical (unpaired) electrons. The largest absolute Gasteiger partial charge is 0.373 e. The number of imidazole rings is 1. The molecular formula is C31H36N8O4S. The van der Waals surface area contributed by atoms with Gasteiger partial charge in [0.2, 0.25) is 0 Å². The second-order valence-corrected chi connectivity index (χ2v) is 13.6. The molecule has 230 valence electrons. The lowest BCUT2D eigenvalue weighted by molar-refractivity contribution is -0.0309. The Bertz CT molecular complexity index is 1960. The topological polar surface area (TPSA) is 131 Å². The number of ether oxygens (including phenoxy) is 2. The number of benzene rings is 1. The van der Waals surface area contributed by atoms with E-state index in [-0.39, 0.29) is 11.1 Å². The third-order valence-electron chi connectivity index (χ3n) is 8.49. The SMILES string of the molecule is Cc1c(-c2ccc(Nc3cc(Cc4cc5n(n4)CCOC5)nc4c3nc(C)n4C3CCCCO3)c(S(C)(=O)=O)c2)cnn1C. The standard InChI is InChI=1S/C31H36N8O4S/c1-19-25(17-32-37(19)3)21-8-9-26(28(13-21)44(4,40)41)35-27-16-22(14-23-15-24-18-42-12-10-38(24)36-23)34-31-30(27)33-20(2)39(31)29-7-5-6-11-43-29/h8-9,13,15-17,29H,5-7,10-12,14,18H2,1-4H3,(H,34,35). The lowest BCUT2D eigenvalue weighted by Crippen LogP contribution is -2.19. The highest BCUT2D eigenvalue weighted by molar-refractivity contribution is 7.90. The summed E-state index contributed by atoms with van der Waals surface area (Å²) in [6, 6.07) is 9.44. The van der Waals surface area contributed by atoms with Crippen molar-refractivity contribution in [3.05, 3.63) is 65.1 Å². The van der Waals surface area contributed by atoms with Crippen molar-refractivity contribution in [2.75, 3.05) is 24.8 Å². The van der Waals surface area contributed by atoms with E-state index in [0.29, 0.717) is 48.8 Å². The molecule has 0 aliphatic carbocycles. The Morgan fingerprint density at radius 3 is 2.64 bits per heavy atom. The van der Waals surface area contributed by atoms with Gasteiger partial charge in [0.05, 0.1) is 59.3 Å². The predicted octanol–water partition coefficient (Wildman–Crippen LogP) is 4.61. The number of aromatic nitrogens is 7. The molecule has 1 atom stereocenters. The van der Waals surface area contributed by atoms with Crippen molar-refractivity contribution in [2.45, 2.75) is 63.8 Å². The van der Waals surface area contributed by atoms with Gasteiger partial charge in [0.15, 0.2) is 15.5 Å². The fraction of sp³-hybridized carbons (Fsp3) is 0.419. The van der Waals surface area contributed by atoms with E-state index < -0.39 is 9.84 Å². The molecule has 1 saturated heterocycles. The molecule has 1 N–H and O–H groups in total. The number of nitrogens with zero attached hydrogens (tertiary/aromatic N) is 7. The van der Waals surface area contributed by atoms with Crippen LogP contribution in [-0.2, 0) is 45.9 Å².